The number of aromatic amines is 1. The highest BCUT2D eigenvalue weighted by Crippen LogP contribution is 2.23. The van der Waals surface area contributed by atoms with Crippen molar-refractivity contribution in [3.05, 3.63) is 57.5 Å². The highest BCUT2D eigenvalue weighted by atomic mass is 32.2. The maximum atomic E-state index is 12.2. The first-order valence-corrected chi connectivity index (χ1v) is 9.52. The highest BCUT2D eigenvalue weighted by Gasteiger charge is 2.20. The number of aromatic nitrogens is 4. The van der Waals surface area contributed by atoms with Crippen molar-refractivity contribution in [2.24, 2.45) is 0 Å². The molecular weight excluding hydrogens is 352 g/mol. The van der Waals surface area contributed by atoms with Crippen LogP contribution in [0.1, 0.15) is 29.7 Å². The van der Waals surface area contributed by atoms with Gasteiger partial charge in [-0.3, -0.25) is 19.0 Å². The molecule has 0 atom stereocenters. The second kappa shape index (κ2) is 7.33. The van der Waals surface area contributed by atoms with Crippen LogP contribution in [0.25, 0.3) is 5.78 Å². The lowest BCUT2D eigenvalue weighted by atomic mass is 9.97. The lowest BCUT2D eigenvalue weighted by Crippen LogP contribution is -2.23. The number of carbonyl (C=O) groups is 1. The molecule has 1 aliphatic rings. The Balaban J connectivity index is 1.47. The molecule has 0 bridgehead atoms. The van der Waals surface area contributed by atoms with Gasteiger partial charge in [-0.1, -0.05) is 42.1 Å². The lowest BCUT2D eigenvalue weighted by Gasteiger charge is -2.16. The zero-order valence-corrected chi connectivity index (χ0v) is 14.9. The topological polar surface area (TPSA) is 89.4 Å². The summed E-state index contributed by atoms with van der Waals surface area (Å²) >= 11 is 1.27. The molecule has 3 aromatic rings. The molecule has 0 spiro atoms. The first-order valence-electron chi connectivity index (χ1n) is 8.54. The van der Waals surface area contributed by atoms with E-state index in [0.29, 0.717) is 10.9 Å². The minimum absolute atomic E-state index is 0.0848. The molecule has 8 heteroatoms. The molecule has 4 rings (SSSR count). The zero-order valence-electron chi connectivity index (χ0n) is 14.1. The lowest BCUT2D eigenvalue weighted by molar-refractivity contribution is -0.141. The number of aryl methyl sites for hydroxylation is 1. The van der Waals surface area contributed by atoms with E-state index in [0.717, 1.165) is 42.5 Å². The first kappa shape index (κ1) is 16.8. The standard InChI is InChI=1S/C18H18N4O3S/c23-15(25-10-12-6-2-1-3-7-12)11-26-18-21-20-17-19-16(24)13-8-4-5-9-14(13)22(17)18/h1-3,6-7H,4-5,8-11H2,(H,19,20,24). The summed E-state index contributed by atoms with van der Waals surface area (Å²) in [6.45, 7) is 0.254. The van der Waals surface area contributed by atoms with Crippen molar-refractivity contribution in [3.8, 4) is 0 Å². The molecule has 2 heterocycles. The number of nitrogens with one attached hydrogen (secondary N) is 1. The molecule has 26 heavy (non-hydrogen) atoms. The predicted octanol–water partition coefficient (Wildman–Crippen LogP) is 2.13. The van der Waals surface area contributed by atoms with Gasteiger partial charge >= 0.3 is 5.97 Å². The molecule has 0 saturated carbocycles. The number of H-pyrrole nitrogens is 1. The molecule has 1 N–H and O–H groups in total. The Bertz CT molecular complexity index is 997. The number of hydrogen-bond donors (Lipinski definition) is 1. The Labute approximate surface area is 153 Å². The minimum atomic E-state index is -0.311. The summed E-state index contributed by atoms with van der Waals surface area (Å²) in [5, 5.41) is 8.78. The van der Waals surface area contributed by atoms with Gasteiger partial charge in [0.15, 0.2) is 5.16 Å². The molecule has 0 amide bonds. The van der Waals surface area contributed by atoms with Gasteiger partial charge in [-0.25, -0.2) is 0 Å². The third kappa shape index (κ3) is 3.37. The first-order chi connectivity index (χ1) is 12.7. The summed E-state index contributed by atoms with van der Waals surface area (Å²) in [6.07, 6.45) is 3.63. The molecule has 134 valence electrons. The van der Waals surface area contributed by atoms with Crippen LogP contribution in [-0.2, 0) is 29.0 Å². The minimum Gasteiger partial charge on any atom is -0.460 e. The predicted molar refractivity (Wildman–Crippen MR) is 97.2 cm³/mol. The molecule has 2 aromatic heterocycles. The number of rotatable bonds is 5. The van der Waals surface area contributed by atoms with Crippen LogP contribution in [-0.4, -0.2) is 31.3 Å². The van der Waals surface area contributed by atoms with E-state index >= 15 is 0 Å². The number of nitrogens with zero attached hydrogens (tertiary/aromatic N) is 3. The summed E-state index contributed by atoms with van der Waals surface area (Å²) in [5.74, 6) is 0.256. The van der Waals surface area contributed by atoms with E-state index in [4.69, 9.17) is 4.74 Å². The van der Waals surface area contributed by atoms with E-state index in [1.807, 2.05) is 34.7 Å². The van der Waals surface area contributed by atoms with Crippen LogP contribution in [0.4, 0.5) is 0 Å². The van der Waals surface area contributed by atoms with Crippen molar-refractivity contribution in [1.29, 1.82) is 0 Å². The van der Waals surface area contributed by atoms with Gasteiger partial charge in [-0.2, -0.15) is 0 Å². The van der Waals surface area contributed by atoms with Crippen molar-refractivity contribution in [1.82, 2.24) is 19.6 Å². The maximum absolute atomic E-state index is 12.2. The van der Waals surface area contributed by atoms with Gasteiger partial charge in [-0.05, 0) is 31.2 Å². The van der Waals surface area contributed by atoms with Gasteiger partial charge in [0.25, 0.3) is 5.56 Å². The van der Waals surface area contributed by atoms with E-state index in [1.54, 1.807) is 0 Å². The van der Waals surface area contributed by atoms with Gasteiger partial charge in [-0.15, -0.1) is 10.2 Å². The van der Waals surface area contributed by atoms with Crippen LogP contribution in [0.15, 0.2) is 40.3 Å². The van der Waals surface area contributed by atoms with Crippen molar-refractivity contribution in [3.63, 3.8) is 0 Å². The number of hydrogen-bond acceptors (Lipinski definition) is 6. The summed E-state index contributed by atoms with van der Waals surface area (Å²) in [4.78, 5) is 27.0. The Hall–Kier alpha value is -2.61. The van der Waals surface area contributed by atoms with Gasteiger partial charge < -0.3 is 4.74 Å². The van der Waals surface area contributed by atoms with Crippen LogP contribution in [0.5, 0.6) is 0 Å². The summed E-state index contributed by atoms with van der Waals surface area (Å²) in [6, 6.07) is 9.56. The van der Waals surface area contributed by atoms with E-state index < -0.39 is 0 Å². The highest BCUT2D eigenvalue weighted by molar-refractivity contribution is 7.99. The second-order valence-electron chi connectivity index (χ2n) is 6.16. The molecule has 0 radical (unpaired) electrons. The molecular formula is C18H18N4O3S. The third-order valence-electron chi connectivity index (χ3n) is 4.40. The van der Waals surface area contributed by atoms with Gasteiger partial charge in [0, 0.05) is 11.3 Å². The van der Waals surface area contributed by atoms with Crippen molar-refractivity contribution < 1.29 is 9.53 Å². The van der Waals surface area contributed by atoms with Gasteiger partial charge in [0.2, 0.25) is 5.78 Å². The van der Waals surface area contributed by atoms with E-state index in [1.165, 1.54) is 11.8 Å². The van der Waals surface area contributed by atoms with E-state index in [-0.39, 0.29) is 23.9 Å². The molecule has 0 aliphatic heterocycles. The van der Waals surface area contributed by atoms with Crippen molar-refractivity contribution >= 4 is 23.5 Å². The molecule has 1 aromatic carbocycles. The molecule has 1 aliphatic carbocycles. The van der Waals surface area contributed by atoms with Crippen LogP contribution < -0.4 is 5.56 Å². The van der Waals surface area contributed by atoms with Crippen LogP contribution >= 0.6 is 11.8 Å². The molecule has 7 nitrogen and oxygen atoms in total. The number of carbonyl (C=O) groups excluding carboxylic acids is 1. The monoisotopic (exact) mass is 370 g/mol. The van der Waals surface area contributed by atoms with Crippen molar-refractivity contribution in [2.75, 3.05) is 5.75 Å². The van der Waals surface area contributed by atoms with Gasteiger partial charge in [0.05, 0.1) is 5.75 Å². The van der Waals surface area contributed by atoms with Crippen LogP contribution in [0.2, 0.25) is 0 Å². The fraction of sp³-hybridized carbons (Fsp3) is 0.333. The molecule has 0 fully saturated rings. The van der Waals surface area contributed by atoms with Crippen LogP contribution in [0.3, 0.4) is 0 Å². The second-order valence-corrected chi connectivity index (χ2v) is 7.11. The largest absolute Gasteiger partial charge is 0.460 e. The Morgan fingerprint density at radius 1 is 1.19 bits per heavy atom. The summed E-state index contributed by atoms with van der Waals surface area (Å²) in [5.41, 5.74) is 2.63. The van der Waals surface area contributed by atoms with Crippen LogP contribution in [0, 0.1) is 0 Å². The Morgan fingerprint density at radius 3 is 2.85 bits per heavy atom. The normalized spacial score (nSPS) is 13.5. The quantitative estimate of drug-likeness (QED) is 0.547. The van der Waals surface area contributed by atoms with Crippen molar-refractivity contribution in [2.45, 2.75) is 37.4 Å². The average molecular weight is 370 g/mol. The molecule has 0 unspecified atom stereocenters. The summed E-state index contributed by atoms with van der Waals surface area (Å²) < 4.78 is 7.16. The fourth-order valence-electron chi connectivity index (χ4n) is 3.15. The molecule has 0 saturated heterocycles. The number of esters is 1. The van der Waals surface area contributed by atoms with E-state index in [9.17, 15) is 9.59 Å². The number of benzene rings is 1. The number of fused-ring (bicyclic) bond motifs is 3. The number of ether oxygens (including phenoxy) is 1. The third-order valence-corrected chi connectivity index (χ3v) is 5.31. The fourth-order valence-corrected chi connectivity index (χ4v) is 3.90. The Kier molecular flexibility index (Phi) is 4.75. The number of thioether (sulfide) groups is 1. The Morgan fingerprint density at radius 2 is 2.00 bits per heavy atom. The smallest absolute Gasteiger partial charge is 0.316 e. The average Bonchev–Trinajstić information content (AvgIpc) is 3.08. The van der Waals surface area contributed by atoms with Gasteiger partial charge in [0.1, 0.15) is 6.61 Å². The SMILES string of the molecule is O=C(CSc1nnc2[nH]c(=O)c3c(n12)CCCC3)OCc1ccccc1. The van der Waals surface area contributed by atoms with E-state index in [2.05, 4.69) is 15.2 Å². The zero-order chi connectivity index (χ0) is 17.9. The maximum Gasteiger partial charge on any atom is 0.316 e. The summed E-state index contributed by atoms with van der Waals surface area (Å²) in [7, 11) is 0.